The minimum atomic E-state index is -1.23. The van der Waals surface area contributed by atoms with E-state index in [1.807, 2.05) is 66.7 Å². The Morgan fingerprint density at radius 3 is 1.75 bits per heavy atom. The second kappa shape index (κ2) is 7.03. The van der Waals surface area contributed by atoms with Crippen molar-refractivity contribution in [2.45, 2.75) is 4.33 Å². The summed E-state index contributed by atoms with van der Waals surface area (Å²) in [6.07, 6.45) is 0. The van der Waals surface area contributed by atoms with E-state index in [2.05, 4.69) is 20.6 Å². The van der Waals surface area contributed by atoms with E-state index in [0.717, 1.165) is 5.56 Å². The third-order valence-electron chi connectivity index (χ3n) is 2.45. The number of hydrogen-bond donors (Lipinski definition) is 1. The van der Waals surface area contributed by atoms with Crippen LogP contribution in [-0.4, -0.2) is 20.6 Å². The summed E-state index contributed by atoms with van der Waals surface area (Å²) in [6.45, 7) is 0. The third kappa shape index (κ3) is 3.79. The van der Waals surface area contributed by atoms with E-state index in [1.54, 1.807) is 0 Å². The van der Waals surface area contributed by atoms with Crippen molar-refractivity contribution in [1.82, 2.24) is 20.6 Å². The first kappa shape index (κ1) is 14.5. The topological polar surface area (TPSA) is 54.5 Å². The van der Waals surface area contributed by atoms with Crippen LogP contribution in [0.5, 0.6) is 0 Å². The molecule has 1 N–H and O–H groups in total. The lowest BCUT2D eigenvalue weighted by atomic mass is 10.1. The monoisotopic (exact) mass is 306 g/mol. The molecule has 0 radical (unpaired) electrons. The molecule has 0 amide bonds. The standard InChI is InChI=1S/C8H6Cl2N4.C6H6/c9-8(10,7-11-13-14-12-7)6-4-2-1-3-5-6;1-2-4-6-5-3-1/h1-5H,(H,11,12,13,14);1-6H. The number of aromatic amines is 1. The lowest BCUT2D eigenvalue weighted by Crippen LogP contribution is -2.14. The zero-order valence-corrected chi connectivity index (χ0v) is 12.0. The van der Waals surface area contributed by atoms with E-state index >= 15 is 0 Å². The average Bonchev–Trinajstić information content (AvgIpc) is 3.06. The van der Waals surface area contributed by atoms with Crippen LogP contribution in [0.25, 0.3) is 0 Å². The Morgan fingerprint density at radius 2 is 1.30 bits per heavy atom. The summed E-state index contributed by atoms with van der Waals surface area (Å²) in [5, 5.41) is 13.1. The van der Waals surface area contributed by atoms with Gasteiger partial charge in [-0.15, -0.1) is 5.10 Å². The van der Waals surface area contributed by atoms with Gasteiger partial charge in [0.1, 0.15) is 0 Å². The quantitative estimate of drug-likeness (QED) is 0.736. The summed E-state index contributed by atoms with van der Waals surface area (Å²) in [7, 11) is 0. The molecule has 0 fully saturated rings. The number of nitrogens with zero attached hydrogens (tertiary/aromatic N) is 3. The first-order valence-electron chi connectivity index (χ1n) is 5.89. The number of aromatic nitrogens is 4. The van der Waals surface area contributed by atoms with Crippen LogP contribution in [0.1, 0.15) is 11.4 Å². The largest absolute Gasteiger partial charge is 0.240 e. The van der Waals surface area contributed by atoms with E-state index in [9.17, 15) is 0 Å². The SMILES string of the molecule is ClC(Cl)(c1ccccc1)c1nnn[nH]1.c1ccccc1. The summed E-state index contributed by atoms with van der Waals surface area (Å²) in [4.78, 5) is 0. The number of halogens is 2. The van der Waals surface area contributed by atoms with Crippen LogP contribution in [0.3, 0.4) is 0 Å². The fraction of sp³-hybridized carbons (Fsp3) is 0.0714. The molecule has 2 aromatic carbocycles. The summed E-state index contributed by atoms with van der Waals surface area (Å²) in [5.74, 6) is 0.312. The highest BCUT2D eigenvalue weighted by molar-refractivity contribution is 6.49. The van der Waals surface area contributed by atoms with Crippen molar-refractivity contribution in [2.75, 3.05) is 0 Å². The minimum Gasteiger partial charge on any atom is -0.240 e. The Bertz CT molecular complexity index is 571. The van der Waals surface area contributed by atoms with Crippen molar-refractivity contribution >= 4 is 23.2 Å². The summed E-state index contributed by atoms with van der Waals surface area (Å²) < 4.78 is -1.23. The van der Waals surface area contributed by atoms with Gasteiger partial charge in [0.15, 0.2) is 5.82 Å². The minimum absolute atomic E-state index is 0.312. The van der Waals surface area contributed by atoms with Gasteiger partial charge in [-0.25, -0.2) is 5.10 Å². The molecule has 0 unspecified atom stereocenters. The first-order valence-corrected chi connectivity index (χ1v) is 6.64. The number of tetrazole rings is 1. The molecule has 0 aliphatic heterocycles. The van der Waals surface area contributed by atoms with Gasteiger partial charge in [0, 0.05) is 0 Å². The van der Waals surface area contributed by atoms with Crippen molar-refractivity contribution in [3.63, 3.8) is 0 Å². The number of rotatable bonds is 2. The maximum atomic E-state index is 6.12. The smallest absolute Gasteiger partial charge is 0.203 e. The molecular formula is C14H12Cl2N4. The van der Waals surface area contributed by atoms with Crippen LogP contribution in [0.4, 0.5) is 0 Å². The first-order chi connectivity index (χ1) is 9.71. The lowest BCUT2D eigenvalue weighted by Gasteiger charge is -2.15. The molecule has 3 aromatic rings. The predicted octanol–water partition coefficient (Wildman–Crippen LogP) is 3.57. The zero-order valence-electron chi connectivity index (χ0n) is 10.4. The highest BCUT2D eigenvalue weighted by Gasteiger charge is 2.32. The summed E-state index contributed by atoms with van der Waals surface area (Å²) >= 11 is 12.2. The van der Waals surface area contributed by atoms with Crippen LogP contribution in [0, 0.1) is 0 Å². The van der Waals surface area contributed by atoms with Gasteiger partial charge in [-0.2, -0.15) is 0 Å². The van der Waals surface area contributed by atoms with Crippen molar-refractivity contribution in [3.05, 3.63) is 78.1 Å². The lowest BCUT2D eigenvalue weighted by molar-refractivity contribution is 0.881. The zero-order chi connectivity index (χ0) is 14.3. The highest BCUT2D eigenvalue weighted by Crippen LogP contribution is 2.37. The van der Waals surface area contributed by atoms with Crippen LogP contribution >= 0.6 is 23.2 Å². The number of benzene rings is 2. The van der Waals surface area contributed by atoms with Crippen LogP contribution in [-0.2, 0) is 4.33 Å². The molecule has 0 saturated heterocycles. The molecule has 0 aliphatic carbocycles. The van der Waals surface area contributed by atoms with Gasteiger partial charge in [-0.3, -0.25) is 0 Å². The Kier molecular flexibility index (Phi) is 5.09. The van der Waals surface area contributed by atoms with Gasteiger partial charge >= 0.3 is 0 Å². The van der Waals surface area contributed by atoms with Crippen LogP contribution < -0.4 is 0 Å². The molecule has 3 rings (SSSR count). The van der Waals surface area contributed by atoms with Gasteiger partial charge in [0.05, 0.1) is 0 Å². The summed E-state index contributed by atoms with van der Waals surface area (Å²) in [6, 6.07) is 21.2. The fourth-order valence-electron chi connectivity index (χ4n) is 1.46. The molecule has 102 valence electrons. The van der Waals surface area contributed by atoms with Crippen molar-refractivity contribution in [2.24, 2.45) is 0 Å². The van der Waals surface area contributed by atoms with Crippen molar-refractivity contribution < 1.29 is 0 Å². The molecule has 4 nitrogen and oxygen atoms in total. The third-order valence-corrected chi connectivity index (χ3v) is 3.24. The highest BCUT2D eigenvalue weighted by atomic mass is 35.5. The van der Waals surface area contributed by atoms with Crippen molar-refractivity contribution in [3.8, 4) is 0 Å². The Labute approximate surface area is 126 Å². The van der Waals surface area contributed by atoms with E-state index in [0.29, 0.717) is 5.82 Å². The normalized spacial score (nSPS) is 10.5. The molecule has 0 spiro atoms. The second-order valence-corrected chi connectivity index (χ2v) is 5.17. The number of H-pyrrole nitrogens is 1. The van der Waals surface area contributed by atoms with Crippen LogP contribution in [0.15, 0.2) is 66.7 Å². The number of nitrogens with one attached hydrogen (secondary N) is 1. The van der Waals surface area contributed by atoms with Gasteiger partial charge in [0.2, 0.25) is 4.33 Å². The maximum absolute atomic E-state index is 6.12. The average molecular weight is 307 g/mol. The summed E-state index contributed by atoms with van der Waals surface area (Å²) in [5.41, 5.74) is 0.724. The molecule has 0 saturated carbocycles. The Hall–Kier alpha value is -1.91. The second-order valence-electron chi connectivity index (χ2n) is 3.84. The molecule has 1 aromatic heterocycles. The van der Waals surface area contributed by atoms with E-state index in [1.165, 1.54) is 0 Å². The number of alkyl halides is 2. The fourth-order valence-corrected chi connectivity index (χ4v) is 1.87. The Morgan fingerprint density at radius 1 is 0.800 bits per heavy atom. The van der Waals surface area contributed by atoms with Crippen LogP contribution in [0.2, 0.25) is 0 Å². The number of hydrogen-bond acceptors (Lipinski definition) is 3. The van der Waals surface area contributed by atoms with Gasteiger partial charge < -0.3 is 0 Å². The maximum Gasteiger partial charge on any atom is 0.203 e. The van der Waals surface area contributed by atoms with E-state index < -0.39 is 4.33 Å². The molecule has 0 atom stereocenters. The molecule has 1 heterocycles. The van der Waals surface area contributed by atoms with Gasteiger partial charge in [0.25, 0.3) is 0 Å². The van der Waals surface area contributed by atoms with E-state index in [-0.39, 0.29) is 0 Å². The molecule has 0 bridgehead atoms. The van der Waals surface area contributed by atoms with Gasteiger partial charge in [-0.05, 0) is 16.0 Å². The van der Waals surface area contributed by atoms with E-state index in [4.69, 9.17) is 23.2 Å². The molecule has 6 heteroatoms. The Balaban J connectivity index is 0.000000205. The van der Waals surface area contributed by atoms with Crippen molar-refractivity contribution in [1.29, 1.82) is 0 Å². The predicted molar refractivity (Wildman–Crippen MR) is 79.5 cm³/mol. The molecular weight excluding hydrogens is 295 g/mol. The molecule has 20 heavy (non-hydrogen) atoms. The molecule has 0 aliphatic rings. The van der Waals surface area contributed by atoms with Gasteiger partial charge in [-0.1, -0.05) is 89.9 Å².